The molecule has 0 amide bonds. The highest BCUT2D eigenvalue weighted by Crippen LogP contribution is 2.14. The van der Waals surface area contributed by atoms with E-state index in [0.29, 0.717) is 11.0 Å². The van der Waals surface area contributed by atoms with E-state index >= 15 is 0 Å². The van der Waals surface area contributed by atoms with Gasteiger partial charge in [0.2, 0.25) is 0 Å². The molecule has 0 atom stereocenters. The van der Waals surface area contributed by atoms with Crippen LogP contribution in [0.3, 0.4) is 0 Å². The molecule has 1 aromatic heterocycles. The van der Waals surface area contributed by atoms with Crippen LogP contribution in [0.5, 0.6) is 0 Å². The van der Waals surface area contributed by atoms with Crippen LogP contribution in [-0.4, -0.2) is 22.6 Å². The molecular weight excluding hydrogens is 218 g/mol. The topological polar surface area (TPSA) is 42.1 Å². The van der Waals surface area contributed by atoms with E-state index in [9.17, 15) is 0 Å². The quantitative estimate of drug-likeness (QED) is 0.798. The van der Waals surface area contributed by atoms with Crippen molar-refractivity contribution >= 4 is 23.0 Å². The van der Waals surface area contributed by atoms with Crippen LogP contribution in [0.15, 0.2) is 18.3 Å². The largest absolute Gasteiger partial charge is 0.393 e. The summed E-state index contributed by atoms with van der Waals surface area (Å²) in [6.07, 6.45) is 2.61. The van der Waals surface area contributed by atoms with Gasteiger partial charge in [-0.3, -0.25) is 0 Å². The average Bonchev–Trinajstić information content (AvgIpc) is 2.20. The zero-order valence-corrected chi connectivity index (χ0v) is 10.9. The fourth-order valence-electron chi connectivity index (χ4n) is 1.50. The normalized spacial score (nSPS) is 10.5. The number of nitrogens with two attached hydrogens (primary N) is 1. The molecule has 1 heterocycles. The van der Waals surface area contributed by atoms with Crippen LogP contribution in [0.25, 0.3) is 0 Å². The molecule has 1 rings (SSSR count). The first-order chi connectivity index (χ1) is 7.50. The average molecular weight is 237 g/mol. The van der Waals surface area contributed by atoms with Gasteiger partial charge in [0, 0.05) is 25.2 Å². The van der Waals surface area contributed by atoms with E-state index in [1.165, 1.54) is 5.56 Å². The van der Waals surface area contributed by atoms with Gasteiger partial charge in [-0.1, -0.05) is 18.3 Å². The zero-order valence-electron chi connectivity index (χ0n) is 10.1. The minimum atomic E-state index is 0.393. The summed E-state index contributed by atoms with van der Waals surface area (Å²) in [5, 5.41) is 0. The third-order valence-electron chi connectivity index (χ3n) is 2.41. The fourth-order valence-corrected chi connectivity index (χ4v) is 1.59. The second-order valence-corrected chi connectivity index (χ2v) is 4.72. The second-order valence-electron chi connectivity index (χ2n) is 4.20. The maximum Gasteiger partial charge on any atom is 0.128 e. The molecule has 88 valence electrons. The Kier molecular flexibility index (Phi) is 4.68. The van der Waals surface area contributed by atoms with Crippen molar-refractivity contribution in [2.75, 3.05) is 11.4 Å². The van der Waals surface area contributed by atoms with Gasteiger partial charge in [0.1, 0.15) is 5.82 Å². The Morgan fingerprint density at radius 2 is 2.19 bits per heavy atom. The van der Waals surface area contributed by atoms with E-state index in [1.54, 1.807) is 0 Å². The molecule has 16 heavy (non-hydrogen) atoms. The Morgan fingerprint density at radius 3 is 2.62 bits per heavy atom. The standard InChI is InChI=1S/C12H19N3S/c1-9(2)15(7-6-11(13)16)12-5-4-10(3)8-14-12/h4-5,8-9H,6-7H2,1-3H3,(H2,13,16). The van der Waals surface area contributed by atoms with E-state index in [4.69, 9.17) is 18.0 Å². The molecule has 0 aliphatic carbocycles. The molecule has 3 nitrogen and oxygen atoms in total. The van der Waals surface area contributed by atoms with Crippen LogP contribution < -0.4 is 10.6 Å². The molecule has 0 fully saturated rings. The predicted molar refractivity (Wildman–Crippen MR) is 72.9 cm³/mol. The number of aryl methyl sites for hydroxylation is 1. The summed E-state index contributed by atoms with van der Waals surface area (Å²) in [6, 6.07) is 4.50. The monoisotopic (exact) mass is 237 g/mol. The summed E-state index contributed by atoms with van der Waals surface area (Å²) in [5.74, 6) is 0.983. The van der Waals surface area contributed by atoms with Crippen LogP contribution in [0.1, 0.15) is 25.8 Å². The van der Waals surface area contributed by atoms with Crippen molar-refractivity contribution in [3.8, 4) is 0 Å². The summed E-state index contributed by atoms with van der Waals surface area (Å²) >= 11 is 4.90. The van der Waals surface area contributed by atoms with Gasteiger partial charge < -0.3 is 10.6 Å². The molecular formula is C12H19N3S. The Labute approximate surface area is 103 Å². The number of thiocarbonyl (C=S) groups is 1. The molecule has 2 N–H and O–H groups in total. The van der Waals surface area contributed by atoms with Crippen LogP contribution in [0.2, 0.25) is 0 Å². The van der Waals surface area contributed by atoms with Gasteiger partial charge >= 0.3 is 0 Å². The fraction of sp³-hybridized carbons (Fsp3) is 0.500. The van der Waals surface area contributed by atoms with Crippen LogP contribution >= 0.6 is 12.2 Å². The second kappa shape index (κ2) is 5.80. The van der Waals surface area contributed by atoms with Crippen LogP contribution in [-0.2, 0) is 0 Å². The van der Waals surface area contributed by atoms with Crippen molar-refractivity contribution in [3.63, 3.8) is 0 Å². The number of hydrogen-bond acceptors (Lipinski definition) is 3. The van der Waals surface area contributed by atoms with Gasteiger partial charge in [0.25, 0.3) is 0 Å². The highest BCUT2D eigenvalue weighted by Gasteiger charge is 2.11. The van der Waals surface area contributed by atoms with Crippen LogP contribution in [0.4, 0.5) is 5.82 Å². The number of hydrogen-bond donors (Lipinski definition) is 1. The van der Waals surface area contributed by atoms with E-state index in [0.717, 1.165) is 18.8 Å². The smallest absolute Gasteiger partial charge is 0.128 e. The first-order valence-electron chi connectivity index (χ1n) is 5.48. The van der Waals surface area contributed by atoms with Gasteiger partial charge in [-0.25, -0.2) is 4.98 Å². The maximum atomic E-state index is 5.53. The van der Waals surface area contributed by atoms with Crippen LogP contribution in [0, 0.1) is 6.92 Å². The van der Waals surface area contributed by atoms with Crippen molar-refractivity contribution in [2.45, 2.75) is 33.2 Å². The van der Waals surface area contributed by atoms with E-state index in [2.05, 4.69) is 29.8 Å². The Bertz CT molecular complexity index is 346. The molecule has 0 aromatic carbocycles. The number of aromatic nitrogens is 1. The van der Waals surface area contributed by atoms with Crippen molar-refractivity contribution in [1.29, 1.82) is 0 Å². The highest BCUT2D eigenvalue weighted by molar-refractivity contribution is 7.80. The zero-order chi connectivity index (χ0) is 12.1. The third-order valence-corrected chi connectivity index (χ3v) is 2.62. The maximum absolute atomic E-state index is 5.53. The first kappa shape index (κ1) is 12.9. The number of nitrogens with zero attached hydrogens (tertiary/aromatic N) is 2. The highest BCUT2D eigenvalue weighted by atomic mass is 32.1. The Morgan fingerprint density at radius 1 is 1.50 bits per heavy atom. The molecule has 4 heteroatoms. The third kappa shape index (κ3) is 3.77. The molecule has 0 radical (unpaired) electrons. The molecule has 0 saturated carbocycles. The molecule has 0 spiro atoms. The minimum Gasteiger partial charge on any atom is -0.393 e. The molecule has 0 aliphatic rings. The number of anilines is 1. The predicted octanol–water partition coefficient (Wildman–Crippen LogP) is 2.28. The lowest BCUT2D eigenvalue weighted by Crippen LogP contribution is -2.34. The van der Waals surface area contributed by atoms with Gasteiger partial charge in [-0.2, -0.15) is 0 Å². The number of rotatable bonds is 5. The summed E-state index contributed by atoms with van der Waals surface area (Å²) in [7, 11) is 0. The number of pyridine rings is 1. The summed E-state index contributed by atoms with van der Waals surface area (Å²) in [6.45, 7) is 7.14. The first-order valence-corrected chi connectivity index (χ1v) is 5.89. The molecule has 0 bridgehead atoms. The molecule has 0 saturated heterocycles. The van der Waals surface area contributed by atoms with E-state index in [-0.39, 0.29) is 0 Å². The lowest BCUT2D eigenvalue weighted by atomic mass is 10.2. The van der Waals surface area contributed by atoms with E-state index in [1.807, 2.05) is 19.2 Å². The van der Waals surface area contributed by atoms with Crippen molar-refractivity contribution in [2.24, 2.45) is 5.73 Å². The lowest BCUT2D eigenvalue weighted by molar-refractivity contribution is 0.681. The summed E-state index contributed by atoms with van der Waals surface area (Å²) in [4.78, 5) is 7.18. The molecule has 0 unspecified atom stereocenters. The summed E-state index contributed by atoms with van der Waals surface area (Å²) in [5.41, 5.74) is 6.70. The lowest BCUT2D eigenvalue weighted by Gasteiger charge is -2.27. The molecule has 0 aliphatic heterocycles. The van der Waals surface area contributed by atoms with Crippen molar-refractivity contribution < 1.29 is 0 Å². The van der Waals surface area contributed by atoms with Crippen molar-refractivity contribution in [3.05, 3.63) is 23.9 Å². The van der Waals surface area contributed by atoms with Gasteiger partial charge in [-0.15, -0.1) is 0 Å². The van der Waals surface area contributed by atoms with Gasteiger partial charge in [-0.05, 0) is 32.4 Å². The van der Waals surface area contributed by atoms with Gasteiger partial charge in [0.05, 0.1) is 4.99 Å². The Balaban J connectivity index is 2.77. The minimum absolute atomic E-state index is 0.393. The van der Waals surface area contributed by atoms with E-state index < -0.39 is 0 Å². The van der Waals surface area contributed by atoms with Gasteiger partial charge in [0.15, 0.2) is 0 Å². The molecule has 1 aromatic rings. The van der Waals surface area contributed by atoms with Crippen molar-refractivity contribution in [1.82, 2.24) is 4.98 Å². The Hall–Kier alpha value is -1.16. The SMILES string of the molecule is Cc1ccc(N(CCC(N)=S)C(C)C)nc1. The summed E-state index contributed by atoms with van der Waals surface area (Å²) < 4.78 is 0.